The topological polar surface area (TPSA) is 89.3 Å². The minimum Gasteiger partial charge on any atom is -0.350 e. The number of rotatable bonds is 8. The van der Waals surface area contributed by atoms with Crippen LogP contribution < -0.4 is 10.5 Å². The number of amides is 1. The largest absolute Gasteiger partial charge is 0.350 e. The van der Waals surface area contributed by atoms with Gasteiger partial charge in [0.05, 0.1) is 10.9 Å². The van der Waals surface area contributed by atoms with Crippen LogP contribution in [0.15, 0.2) is 53.4 Å². The molecule has 0 aromatic heterocycles. The molecule has 0 fully saturated rings. The van der Waals surface area contributed by atoms with Crippen LogP contribution in [0.25, 0.3) is 0 Å². The van der Waals surface area contributed by atoms with E-state index in [2.05, 4.69) is 36.5 Å². The van der Waals surface area contributed by atoms with Gasteiger partial charge in [0.15, 0.2) is 0 Å². The van der Waals surface area contributed by atoms with Gasteiger partial charge in [-0.05, 0) is 56.4 Å². The van der Waals surface area contributed by atoms with E-state index in [0.717, 1.165) is 24.8 Å². The molecule has 0 bridgehead atoms. The van der Waals surface area contributed by atoms with Gasteiger partial charge in [0, 0.05) is 6.42 Å². The monoisotopic (exact) mass is 374 g/mol. The van der Waals surface area contributed by atoms with Crippen LogP contribution in [0.4, 0.5) is 0 Å². The molecule has 0 aliphatic carbocycles. The summed E-state index contributed by atoms with van der Waals surface area (Å²) in [5, 5.41) is 8.02. The quantitative estimate of drug-likeness (QED) is 0.695. The third-order valence-electron chi connectivity index (χ3n) is 4.33. The highest BCUT2D eigenvalue weighted by atomic mass is 32.2. The number of unbranched alkanes of at least 4 members (excludes halogenated alkanes) is 1. The molecular formula is C20H26N2O3S. The maximum absolute atomic E-state index is 12.1. The lowest BCUT2D eigenvalue weighted by atomic mass is 10.0. The maximum atomic E-state index is 12.1. The summed E-state index contributed by atoms with van der Waals surface area (Å²) in [6, 6.07) is 14.5. The lowest BCUT2D eigenvalue weighted by Crippen LogP contribution is -2.26. The first kappa shape index (κ1) is 20.1. The van der Waals surface area contributed by atoms with Gasteiger partial charge in [0.1, 0.15) is 0 Å². The summed E-state index contributed by atoms with van der Waals surface area (Å²) in [7, 11) is -3.70. The average molecular weight is 375 g/mol. The molecule has 26 heavy (non-hydrogen) atoms. The zero-order valence-corrected chi connectivity index (χ0v) is 16.1. The summed E-state index contributed by atoms with van der Waals surface area (Å²) in [4.78, 5) is 12.1. The van der Waals surface area contributed by atoms with E-state index in [1.54, 1.807) is 12.1 Å². The molecule has 0 heterocycles. The van der Waals surface area contributed by atoms with Gasteiger partial charge >= 0.3 is 0 Å². The Balaban J connectivity index is 1.75. The smallest absolute Gasteiger partial charge is 0.238 e. The van der Waals surface area contributed by atoms with Crippen molar-refractivity contribution in [1.82, 2.24) is 5.32 Å². The van der Waals surface area contributed by atoms with E-state index < -0.39 is 10.0 Å². The summed E-state index contributed by atoms with van der Waals surface area (Å²) in [6.45, 7) is 3.94. The van der Waals surface area contributed by atoms with Crippen LogP contribution in [0.2, 0.25) is 0 Å². The number of aryl methyl sites for hydroxylation is 2. The van der Waals surface area contributed by atoms with E-state index >= 15 is 0 Å². The fourth-order valence-electron chi connectivity index (χ4n) is 2.71. The third-order valence-corrected chi connectivity index (χ3v) is 5.26. The normalized spacial score (nSPS) is 12.6. The molecule has 0 saturated carbocycles. The number of hydrogen-bond donors (Lipinski definition) is 2. The predicted molar refractivity (Wildman–Crippen MR) is 103 cm³/mol. The van der Waals surface area contributed by atoms with Gasteiger partial charge in [-0.3, -0.25) is 4.79 Å². The zero-order valence-electron chi connectivity index (χ0n) is 15.2. The standard InChI is InChI=1S/C20H26N2O3S/c1-15-7-9-17(10-8-15)5-3-4-6-20(23)22-16(2)18-11-13-19(14-12-18)26(21,24)25/h7-14,16H,3-6H2,1-2H3,(H,22,23)(H2,21,24,25). The van der Waals surface area contributed by atoms with Crippen LogP contribution in [-0.4, -0.2) is 14.3 Å². The Bertz CT molecular complexity index is 828. The molecule has 0 aliphatic rings. The molecule has 5 nitrogen and oxygen atoms in total. The molecular weight excluding hydrogens is 348 g/mol. The van der Waals surface area contributed by atoms with Gasteiger partial charge in [0.25, 0.3) is 0 Å². The van der Waals surface area contributed by atoms with Crippen molar-refractivity contribution < 1.29 is 13.2 Å². The Morgan fingerprint density at radius 2 is 1.65 bits per heavy atom. The first-order chi connectivity index (χ1) is 12.3. The first-order valence-corrected chi connectivity index (χ1v) is 10.3. The second-order valence-electron chi connectivity index (χ2n) is 6.60. The number of carbonyl (C=O) groups is 1. The number of hydrogen-bond acceptors (Lipinski definition) is 3. The van der Waals surface area contributed by atoms with E-state index in [-0.39, 0.29) is 16.8 Å². The van der Waals surface area contributed by atoms with Crippen molar-refractivity contribution in [3.63, 3.8) is 0 Å². The van der Waals surface area contributed by atoms with Gasteiger partial charge < -0.3 is 5.32 Å². The summed E-state index contributed by atoms with van der Waals surface area (Å²) in [5.41, 5.74) is 3.38. The number of nitrogens with one attached hydrogen (secondary N) is 1. The van der Waals surface area contributed by atoms with Crippen LogP contribution >= 0.6 is 0 Å². The highest BCUT2D eigenvalue weighted by Crippen LogP contribution is 2.16. The molecule has 0 aliphatic heterocycles. The Hall–Kier alpha value is -2.18. The van der Waals surface area contributed by atoms with Crippen LogP contribution in [0, 0.1) is 6.92 Å². The van der Waals surface area contributed by atoms with Crippen molar-refractivity contribution in [2.24, 2.45) is 5.14 Å². The van der Waals surface area contributed by atoms with Gasteiger partial charge in [-0.1, -0.05) is 42.0 Å². The van der Waals surface area contributed by atoms with E-state index in [9.17, 15) is 13.2 Å². The molecule has 1 unspecified atom stereocenters. The number of primary sulfonamides is 1. The molecule has 2 aromatic carbocycles. The summed E-state index contributed by atoms with van der Waals surface area (Å²) in [5.74, 6) is -0.00284. The molecule has 0 spiro atoms. The molecule has 3 N–H and O–H groups in total. The minimum atomic E-state index is -3.70. The van der Waals surface area contributed by atoms with Crippen molar-refractivity contribution >= 4 is 15.9 Å². The zero-order chi connectivity index (χ0) is 19.2. The van der Waals surface area contributed by atoms with Gasteiger partial charge in [-0.15, -0.1) is 0 Å². The van der Waals surface area contributed by atoms with E-state index in [0.29, 0.717) is 6.42 Å². The second kappa shape index (κ2) is 8.96. The van der Waals surface area contributed by atoms with Crippen molar-refractivity contribution in [1.29, 1.82) is 0 Å². The molecule has 2 aromatic rings. The Labute approximate surface area is 155 Å². The van der Waals surface area contributed by atoms with E-state index in [4.69, 9.17) is 5.14 Å². The maximum Gasteiger partial charge on any atom is 0.238 e. The number of nitrogens with two attached hydrogens (primary N) is 1. The number of benzene rings is 2. The fourth-order valence-corrected chi connectivity index (χ4v) is 3.23. The van der Waals surface area contributed by atoms with Crippen molar-refractivity contribution in [2.45, 2.75) is 50.5 Å². The van der Waals surface area contributed by atoms with Gasteiger partial charge in [-0.2, -0.15) is 0 Å². The summed E-state index contributed by atoms with van der Waals surface area (Å²) in [6.07, 6.45) is 3.24. The molecule has 140 valence electrons. The Morgan fingerprint density at radius 3 is 2.23 bits per heavy atom. The molecule has 2 rings (SSSR count). The third kappa shape index (κ3) is 6.28. The summed E-state index contributed by atoms with van der Waals surface area (Å²) < 4.78 is 22.5. The number of sulfonamides is 1. The van der Waals surface area contributed by atoms with Crippen LogP contribution in [0.5, 0.6) is 0 Å². The molecule has 6 heteroatoms. The molecule has 0 saturated heterocycles. The molecule has 1 amide bonds. The van der Waals surface area contributed by atoms with Crippen LogP contribution in [0.1, 0.15) is 48.9 Å². The highest BCUT2D eigenvalue weighted by molar-refractivity contribution is 7.89. The molecule has 1 atom stereocenters. The fraction of sp³-hybridized carbons (Fsp3) is 0.350. The lowest BCUT2D eigenvalue weighted by Gasteiger charge is -2.14. The van der Waals surface area contributed by atoms with Crippen LogP contribution in [0.3, 0.4) is 0 Å². The highest BCUT2D eigenvalue weighted by Gasteiger charge is 2.12. The number of carbonyl (C=O) groups excluding carboxylic acids is 1. The van der Waals surface area contributed by atoms with Gasteiger partial charge in [0.2, 0.25) is 15.9 Å². The van der Waals surface area contributed by atoms with Crippen molar-refractivity contribution in [2.75, 3.05) is 0 Å². The average Bonchev–Trinajstić information content (AvgIpc) is 2.59. The first-order valence-electron chi connectivity index (χ1n) is 8.73. The van der Waals surface area contributed by atoms with Gasteiger partial charge in [-0.25, -0.2) is 13.6 Å². The second-order valence-corrected chi connectivity index (χ2v) is 8.16. The molecule has 0 radical (unpaired) electrons. The van der Waals surface area contributed by atoms with E-state index in [1.807, 2.05) is 6.92 Å². The predicted octanol–water partition coefficient (Wildman–Crippen LogP) is 3.23. The Kier molecular flexibility index (Phi) is 6.94. The lowest BCUT2D eigenvalue weighted by molar-refractivity contribution is -0.121. The van der Waals surface area contributed by atoms with Crippen LogP contribution in [-0.2, 0) is 21.2 Å². The van der Waals surface area contributed by atoms with Crippen molar-refractivity contribution in [3.05, 3.63) is 65.2 Å². The Morgan fingerprint density at radius 1 is 1.04 bits per heavy atom. The van der Waals surface area contributed by atoms with E-state index in [1.165, 1.54) is 23.3 Å². The van der Waals surface area contributed by atoms with Crippen molar-refractivity contribution in [3.8, 4) is 0 Å². The summed E-state index contributed by atoms with van der Waals surface area (Å²) >= 11 is 0. The minimum absolute atomic E-state index is 0.00284. The SMILES string of the molecule is Cc1ccc(CCCCC(=O)NC(C)c2ccc(S(N)(=O)=O)cc2)cc1.